The van der Waals surface area contributed by atoms with Gasteiger partial charge in [-0.25, -0.2) is 8.42 Å². The molecule has 6 heteroatoms. The number of methoxy groups -OCH3 is 1. The molecule has 2 N–H and O–H groups in total. The van der Waals surface area contributed by atoms with Crippen molar-refractivity contribution in [2.75, 3.05) is 13.7 Å². The fourth-order valence-electron chi connectivity index (χ4n) is 3.34. The Morgan fingerprint density at radius 2 is 1.71 bits per heavy atom. The van der Waals surface area contributed by atoms with Gasteiger partial charge in [0.1, 0.15) is 0 Å². The first kappa shape index (κ1) is 17.4. The van der Waals surface area contributed by atoms with Gasteiger partial charge in [-0.1, -0.05) is 41.4 Å². The summed E-state index contributed by atoms with van der Waals surface area (Å²) >= 11 is 5.86. The third-order valence-corrected chi connectivity index (χ3v) is 7.17. The quantitative estimate of drug-likeness (QED) is 0.884. The average molecular weight is 366 g/mol. The van der Waals surface area contributed by atoms with Crippen molar-refractivity contribution < 1.29 is 13.2 Å². The summed E-state index contributed by atoms with van der Waals surface area (Å²) in [6.07, 6.45) is 0. The van der Waals surface area contributed by atoms with Crippen LogP contribution >= 0.6 is 11.6 Å². The highest BCUT2D eigenvalue weighted by Gasteiger charge is 2.69. The summed E-state index contributed by atoms with van der Waals surface area (Å²) in [5.41, 5.74) is 7.55. The number of rotatable bonds is 5. The van der Waals surface area contributed by atoms with Crippen LogP contribution in [0, 0.1) is 6.92 Å². The van der Waals surface area contributed by atoms with Crippen molar-refractivity contribution in [3.8, 4) is 0 Å². The van der Waals surface area contributed by atoms with Crippen molar-refractivity contribution in [2.45, 2.75) is 28.5 Å². The number of hydrogen-bond donors (Lipinski definition) is 1. The Morgan fingerprint density at radius 3 is 2.25 bits per heavy atom. The molecule has 24 heavy (non-hydrogen) atoms. The van der Waals surface area contributed by atoms with Crippen LogP contribution in [-0.2, 0) is 14.6 Å². The van der Waals surface area contributed by atoms with Gasteiger partial charge in [0.05, 0.1) is 22.3 Å². The number of nitrogens with two attached hydrogens (primary N) is 1. The van der Waals surface area contributed by atoms with Crippen LogP contribution in [0.2, 0.25) is 5.02 Å². The van der Waals surface area contributed by atoms with E-state index in [4.69, 9.17) is 22.1 Å². The third-order valence-electron chi connectivity index (χ3n) is 4.61. The van der Waals surface area contributed by atoms with E-state index in [9.17, 15) is 8.42 Å². The summed E-state index contributed by atoms with van der Waals surface area (Å²) in [7, 11) is -2.05. The van der Waals surface area contributed by atoms with E-state index >= 15 is 0 Å². The summed E-state index contributed by atoms with van der Waals surface area (Å²) in [5.74, 6) is -0.293. The molecule has 128 valence electrons. The van der Waals surface area contributed by atoms with Crippen LogP contribution in [0.15, 0.2) is 53.4 Å². The number of benzene rings is 2. The highest BCUT2D eigenvalue weighted by molar-refractivity contribution is 7.92. The van der Waals surface area contributed by atoms with Gasteiger partial charge in [-0.2, -0.15) is 0 Å². The molecular weight excluding hydrogens is 346 g/mol. The zero-order valence-corrected chi connectivity index (χ0v) is 15.1. The normalized spacial score (nSPS) is 26.3. The predicted octanol–water partition coefficient (Wildman–Crippen LogP) is 2.93. The standard InChI is InChI=1S/C18H20ClNO3S/c1-12-3-5-13(6-4-12)16-17(18(16,20)11-23-2)24(21,22)15-9-7-14(19)8-10-15/h3-10,16-17H,11,20H2,1-2H3/t16-,17-,18+/m0/s1. The predicted molar refractivity (Wildman–Crippen MR) is 95.1 cm³/mol. The second-order valence-electron chi connectivity index (χ2n) is 6.35. The van der Waals surface area contributed by atoms with E-state index in [1.54, 1.807) is 12.1 Å². The first-order chi connectivity index (χ1) is 11.3. The summed E-state index contributed by atoms with van der Waals surface area (Å²) in [5, 5.41) is -0.218. The van der Waals surface area contributed by atoms with Crippen LogP contribution < -0.4 is 5.73 Å². The minimum Gasteiger partial charge on any atom is -0.383 e. The number of ether oxygens (including phenoxy) is 1. The van der Waals surface area contributed by atoms with Gasteiger partial charge in [-0.15, -0.1) is 0 Å². The van der Waals surface area contributed by atoms with Crippen LogP contribution in [-0.4, -0.2) is 32.9 Å². The molecule has 0 aromatic heterocycles. The van der Waals surface area contributed by atoms with Crippen molar-refractivity contribution in [2.24, 2.45) is 5.73 Å². The summed E-state index contributed by atoms with van der Waals surface area (Å²) in [6, 6.07) is 14.0. The molecule has 1 fully saturated rings. The lowest BCUT2D eigenvalue weighted by molar-refractivity contribution is 0.171. The molecule has 0 unspecified atom stereocenters. The zero-order valence-electron chi connectivity index (χ0n) is 13.6. The second-order valence-corrected chi connectivity index (χ2v) is 8.86. The van der Waals surface area contributed by atoms with E-state index in [-0.39, 0.29) is 17.4 Å². The molecule has 0 spiro atoms. The topological polar surface area (TPSA) is 69.4 Å². The highest BCUT2D eigenvalue weighted by atomic mass is 35.5. The molecule has 0 saturated heterocycles. The van der Waals surface area contributed by atoms with E-state index in [0.29, 0.717) is 5.02 Å². The summed E-state index contributed by atoms with van der Waals surface area (Å²) < 4.78 is 31.4. The molecule has 0 heterocycles. The maximum absolute atomic E-state index is 13.1. The average Bonchev–Trinajstić information content (AvgIpc) is 3.15. The van der Waals surface area contributed by atoms with Crippen LogP contribution in [0.3, 0.4) is 0 Å². The van der Waals surface area contributed by atoms with E-state index in [1.165, 1.54) is 19.2 Å². The monoisotopic (exact) mass is 365 g/mol. The van der Waals surface area contributed by atoms with E-state index in [1.807, 2.05) is 31.2 Å². The van der Waals surface area contributed by atoms with Gasteiger partial charge in [-0.3, -0.25) is 0 Å². The molecule has 3 rings (SSSR count). The lowest BCUT2D eigenvalue weighted by Crippen LogP contribution is -2.35. The van der Waals surface area contributed by atoms with Gasteiger partial charge < -0.3 is 10.5 Å². The molecule has 3 atom stereocenters. The van der Waals surface area contributed by atoms with Gasteiger partial charge in [0, 0.05) is 18.1 Å². The summed E-state index contributed by atoms with van der Waals surface area (Å²) in [6.45, 7) is 2.17. The Morgan fingerprint density at radius 1 is 1.12 bits per heavy atom. The molecule has 1 aliphatic carbocycles. The third kappa shape index (κ3) is 2.86. The fraction of sp³-hybridized carbons (Fsp3) is 0.333. The van der Waals surface area contributed by atoms with Crippen molar-refractivity contribution in [1.82, 2.24) is 0 Å². The molecule has 0 bridgehead atoms. The number of aryl methyl sites for hydroxylation is 1. The van der Waals surface area contributed by atoms with E-state index in [0.717, 1.165) is 11.1 Å². The van der Waals surface area contributed by atoms with Crippen LogP contribution in [0.25, 0.3) is 0 Å². The highest BCUT2D eigenvalue weighted by Crippen LogP contribution is 2.55. The van der Waals surface area contributed by atoms with Gasteiger partial charge in [0.2, 0.25) is 0 Å². The molecule has 4 nitrogen and oxygen atoms in total. The molecule has 0 radical (unpaired) electrons. The first-order valence-electron chi connectivity index (χ1n) is 7.64. The Kier molecular flexibility index (Phi) is 4.47. The largest absolute Gasteiger partial charge is 0.383 e. The first-order valence-corrected chi connectivity index (χ1v) is 9.57. The van der Waals surface area contributed by atoms with E-state index in [2.05, 4.69) is 0 Å². The van der Waals surface area contributed by atoms with Gasteiger partial charge in [-0.05, 0) is 36.8 Å². The van der Waals surface area contributed by atoms with Gasteiger partial charge in [0.25, 0.3) is 0 Å². The van der Waals surface area contributed by atoms with Gasteiger partial charge in [0.15, 0.2) is 9.84 Å². The Balaban J connectivity index is 2.01. The number of sulfone groups is 1. The molecular formula is C18H20ClNO3S. The second kappa shape index (κ2) is 6.15. The molecule has 1 saturated carbocycles. The lowest BCUT2D eigenvalue weighted by Gasteiger charge is -2.11. The Hall–Kier alpha value is -1.40. The van der Waals surface area contributed by atoms with Crippen molar-refractivity contribution >= 4 is 21.4 Å². The van der Waals surface area contributed by atoms with Crippen molar-refractivity contribution in [3.63, 3.8) is 0 Å². The smallest absolute Gasteiger partial charge is 0.183 e. The molecule has 1 aliphatic rings. The fourth-order valence-corrected chi connectivity index (χ4v) is 5.76. The zero-order chi connectivity index (χ0) is 17.5. The molecule has 0 amide bonds. The minimum absolute atomic E-state index is 0.184. The van der Waals surface area contributed by atoms with Crippen LogP contribution in [0.1, 0.15) is 17.0 Å². The lowest BCUT2D eigenvalue weighted by atomic mass is 10.1. The number of halogens is 1. The van der Waals surface area contributed by atoms with E-state index < -0.39 is 20.6 Å². The molecule has 2 aromatic carbocycles. The van der Waals surface area contributed by atoms with Crippen molar-refractivity contribution in [3.05, 3.63) is 64.7 Å². The Labute approximate surface area is 147 Å². The molecule has 0 aliphatic heterocycles. The summed E-state index contributed by atoms with van der Waals surface area (Å²) in [4.78, 5) is 0.234. The molecule has 2 aromatic rings. The minimum atomic E-state index is -3.58. The van der Waals surface area contributed by atoms with Crippen LogP contribution in [0.4, 0.5) is 0 Å². The van der Waals surface area contributed by atoms with Crippen LogP contribution in [0.5, 0.6) is 0 Å². The SMILES string of the molecule is COC[C@@]1(N)[C@@H](c2ccc(C)cc2)[C@@H]1S(=O)(=O)c1ccc(Cl)cc1. The maximum Gasteiger partial charge on any atom is 0.183 e. The number of hydrogen-bond acceptors (Lipinski definition) is 4. The maximum atomic E-state index is 13.1. The van der Waals surface area contributed by atoms with Gasteiger partial charge >= 0.3 is 0 Å². The van der Waals surface area contributed by atoms with Crippen molar-refractivity contribution in [1.29, 1.82) is 0 Å². The Bertz CT molecular complexity index is 834.